The fraction of sp³-hybridized carbons (Fsp3) is 0.238. The fourth-order valence-electron chi connectivity index (χ4n) is 2.72. The van der Waals surface area contributed by atoms with Gasteiger partial charge in [-0.15, -0.1) is 0 Å². The number of aromatic nitrogens is 2. The average Bonchev–Trinajstić information content (AvgIpc) is 2.68. The van der Waals surface area contributed by atoms with Gasteiger partial charge >= 0.3 is 5.56 Å². The zero-order valence-electron chi connectivity index (χ0n) is 16.6. The van der Waals surface area contributed by atoms with Crippen LogP contribution in [0.4, 0.5) is 8.78 Å². The molecule has 0 unspecified atom stereocenters. The Kier molecular flexibility index (Phi) is 6.02. The first kappa shape index (κ1) is 21.6. The van der Waals surface area contributed by atoms with Crippen LogP contribution in [0.25, 0.3) is 16.8 Å². The molecule has 0 saturated heterocycles. The van der Waals surface area contributed by atoms with Crippen LogP contribution in [0.3, 0.4) is 0 Å². The van der Waals surface area contributed by atoms with Gasteiger partial charge in [-0.05, 0) is 35.7 Å². The van der Waals surface area contributed by atoms with Crippen molar-refractivity contribution in [3.63, 3.8) is 0 Å². The van der Waals surface area contributed by atoms with Gasteiger partial charge in [-0.2, -0.15) is 9.78 Å². The van der Waals surface area contributed by atoms with E-state index in [2.05, 4.69) is 5.10 Å². The van der Waals surface area contributed by atoms with Crippen LogP contribution in [-0.4, -0.2) is 31.1 Å². The van der Waals surface area contributed by atoms with E-state index in [-0.39, 0.29) is 28.9 Å². The predicted molar refractivity (Wildman–Crippen MR) is 109 cm³/mol. The first-order chi connectivity index (χ1) is 14.1. The van der Waals surface area contributed by atoms with Crippen molar-refractivity contribution in [3.05, 3.63) is 70.6 Å². The molecule has 3 rings (SSSR count). The smallest absolute Gasteiger partial charge is 0.314 e. The van der Waals surface area contributed by atoms with Crippen LogP contribution >= 0.6 is 0 Å². The Balaban J connectivity index is 2.14. The molecule has 0 atom stereocenters. The maximum atomic E-state index is 13.6. The molecule has 1 heterocycles. The lowest BCUT2D eigenvalue weighted by Gasteiger charge is -2.15. The van der Waals surface area contributed by atoms with Crippen molar-refractivity contribution < 1.29 is 21.9 Å². The van der Waals surface area contributed by atoms with Crippen LogP contribution in [0.1, 0.15) is 13.8 Å². The van der Waals surface area contributed by atoms with Gasteiger partial charge in [0.2, 0.25) is 0 Å². The van der Waals surface area contributed by atoms with Gasteiger partial charge in [0.05, 0.1) is 23.4 Å². The molecule has 0 aliphatic rings. The van der Waals surface area contributed by atoms with Gasteiger partial charge in [0.15, 0.2) is 27.2 Å². The lowest BCUT2D eigenvalue weighted by molar-refractivity contribution is 0.267. The molecule has 30 heavy (non-hydrogen) atoms. The normalized spacial score (nSPS) is 11.7. The van der Waals surface area contributed by atoms with Crippen molar-refractivity contribution in [2.75, 3.05) is 12.9 Å². The summed E-state index contributed by atoms with van der Waals surface area (Å²) in [7, 11) is -3.37. The first-order valence-corrected chi connectivity index (χ1v) is 11.0. The number of nitrogens with zero attached hydrogens (tertiary/aromatic N) is 2. The van der Waals surface area contributed by atoms with Crippen LogP contribution < -0.4 is 10.3 Å². The topological polar surface area (TPSA) is 78.3 Å². The molecule has 0 aliphatic heterocycles. The number of ether oxygens (including phenoxy) is 1. The highest BCUT2D eigenvalue weighted by atomic mass is 32.2. The lowest BCUT2D eigenvalue weighted by Crippen LogP contribution is -2.25. The third kappa shape index (κ3) is 4.56. The molecular formula is C21H20F2N2O4S. The first-order valence-electron chi connectivity index (χ1n) is 9.09. The van der Waals surface area contributed by atoms with Crippen molar-refractivity contribution in [3.8, 4) is 22.6 Å². The highest BCUT2D eigenvalue weighted by molar-refractivity contribution is 7.90. The second-order valence-electron chi connectivity index (χ2n) is 7.20. The number of hydrogen-bond acceptors (Lipinski definition) is 5. The highest BCUT2D eigenvalue weighted by Gasteiger charge is 2.18. The van der Waals surface area contributed by atoms with Gasteiger partial charge < -0.3 is 4.74 Å². The molecule has 158 valence electrons. The molecule has 0 bridgehead atoms. The van der Waals surface area contributed by atoms with Gasteiger partial charge in [-0.1, -0.05) is 26.0 Å². The molecule has 0 spiro atoms. The summed E-state index contributed by atoms with van der Waals surface area (Å²) in [5.41, 5.74) is 0.293. The Morgan fingerprint density at radius 3 is 2.30 bits per heavy atom. The second kappa shape index (κ2) is 8.35. The molecule has 9 heteroatoms. The van der Waals surface area contributed by atoms with Gasteiger partial charge in [0.25, 0.3) is 0 Å². The maximum Gasteiger partial charge on any atom is 0.314 e. The van der Waals surface area contributed by atoms with Crippen molar-refractivity contribution >= 4 is 9.84 Å². The maximum absolute atomic E-state index is 13.6. The summed E-state index contributed by atoms with van der Waals surface area (Å²) in [6.45, 7) is 4.07. The Bertz CT molecular complexity index is 1240. The highest BCUT2D eigenvalue weighted by Crippen LogP contribution is 2.28. The molecule has 0 N–H and O–H groups in total. The third-order valence-electron chi connectivity index (χ3n) is 4.24. The minimum Gasteiger partial charge on any atom is -0.487 e. The molecule has 0 aliphatic carbocycles. The Morgan fingerprint density at radius 2 is 1.73 bits per heavy atom. The van der Waals surface area contributed by atoms with Crippen molar-refractivity contribution in [1.82, 2.24) is 9.78 Å². The standard InChI is InChI=1S/C21H20F2N2O4S/c1-13(2)12-29-20-17(14-4-7-16(8-5-14)30(3,27)28)11-24-25(21(20)26)15-6-9-18(22)19(23)10-15/h4-11,13H,12H2,1-3H3. The van der Waals surface area contributed by atoms with Crippen LogP contribution in [-0.2, 0) is 9.84 Å². The summed E-state index contributed by atoms with van der Waals surface area (Å²) in [6.07, 6.45) is 2.47. The van der Waals surface area contributed by atoms with Gasteiger partial charge in [0.1, 0.15) is 0 Å². The molecule has 0 amide bonds. The zero-order valence-corrected chi connectivity index (χ0v) is 17.4. The monoisotopic (exact) mass is 434 g/mol. The van der Waals surface area contributed by atoms with Crippen molar-refractivity contribution in [2.24, 2.45) is 5.92 Å². The van der Waals surface area contributed by atoms with Gasteiger partial charge in [0, 0.05) is 17.9 Å². The third-order valence-corrected chi connectivity index (χ3v) is 5.36. The number of sulfone groups is 1. The number of halogens is 2. The minimum atomic E-state index is -3.37. The summed E-state index contributed by atoms with van der Waals surface area (Å²) in [4.78, 5) is 13.2. The van der Waals surface area contributed by atoms with E-state index in [9.17, 15) is 22.0 Å². The van der Waals surface area contributed by atoms with E-state index >= 15 is 0 Å². The largest absolute Gasteiger partial charge is 0.487 e. The predicted octanol–water partition coefficient (Wildman–Crippen LogP) is 3.62. The molecule has 2 aromatic carbocycles. The summed E-state index contributed by atoms with van der Waals surface area (Å²) < 4.78 is 56.9. The quantitative estimate of drug-likeness (QED) is 0.592. The van der Waals surface area contributed by atoms with Gasteiger partial charge in [-0.25, -0.2) is 17.2 Å². The van der Waals surface area contributed by atoms with E-state index in [0.717, 1.165) is 23.1 Å². The molecule has 0 radical (unpaired) electrons. The SMILES string of the molecule is CC(C)COc1c(-c2ccc(S(C)(=O)=O)cc2)cnn(-c2ccc(F)c(F)c2)c1=O. The summed E-state index contributed by atoms with van der Waals surface area (Å²) in [5.74, 6) is -2.04. The Morgan fingerprint density at radius 1 is 1.07 bits per heavy atom. The molecular weight excluding hydrogens is 414 g/mol. The molecule has 0 saturated carbocycles. The summed E-state index contributed by atoms with van der Waals surface area (Å²) >= 11 is 0. The van der Waals surface area contributed by atoms with E-state index < -0.39 is 27.0 Å². The van der Waals surface area contributed by atoms with Crippen LogP contribution in [0.5, 0.6) is 5.75 Å². The number of rotatable bonds is 6. The summed E-state index contributed by atoms with van der Waals surface area (Å²) in [5, 5.41) is 4.07. The van der Waals surface area contributed by atoms with E-state index in [0.29, 0.717) is 11.1 Å². The number of benzene rings is 2. The van der Waals surface area contributed by atoms with Crippen molar-refractivity contribution in [2.45, 2.75) is 18.7 Å². The lowest BCUT2D eigenvalue weighted by atomic mass is 10.1. The molecule has 1 aromatic heterocycles. The van der Waals surface area contributed by atoms with Crippen LogP contribution in [0.2, 0.25) is 0 Å². The van der Waals surface area contributed by atoms with Crippen molar-refractivity contribution in [1.29, 1.82) is 0 Å². The molecule has 6 nitrogen and oxygen atoms in total. The second-order valence-corrected chi connectivity index (χ2v) is 9.22. The summed E-state index contributed by atoms with van der Waals surface area (Å²) in [6, 6.07) is 8.98. The van der Waals surface area contributed by atoms with E-state index in [1.54, 1.807) is 12.1 Å². The minimum absolute atomic E-state index is 0.0180. The van der Waals surface area contributed by atoms with Gasteiger partial charge in [-0.3, -0.25) is 4.79 Å². The van der Waals surface area contributed by atoms with Crippen LogP contribution in [0, 0.1) is 17.6 Å². The van der Waals surface area contributed by atoms with Crippen LogP contribution in [0.15, 0.2) is 58.4 Å². The average molecular weight is 434 g/mol. The van der Waals surface area contributed by atoms with E-state index in [4.69, 9.17) is 4.74 Å². The Labute approximate surface area is 172 Å². The fourth-order valence-corrected chi connectivity index (χ4v) is 3.35. The zero-order chi connectivity index (χ0) is 22.1. The molecule has 0 fully saturated rings. The molecule has 3 aromatic rings. The van der Waals surface area contributed by atoms with E-state index in [1.165, 1.54) is 24.4 Å². The Hall–Kier alpha value is -3.07. The van der Waals surface area contributed by atoms with E-state index in [1.807, 2.05) is 13.8 Å². The number of hydrogen-bond donors (Lipinski definition) is 0.